The van der Waals surface area contributed by atoms with Crippen molar-refractivity contribution in [3.05, 3.63) is 106 Å². The molecule has 0 radical (unpaired) electrons. The summed E-state index contributed by atoms with van der Waals surface area (Å²) in [5.41, 5.74) is 6.44. The fourth-order valence-electron chi connectivity index (χ4n) is 4.62. The number of aromatic nitrogens is 3. The molecule has 1 aromatic heterocycles. The van der Waals surface area contributed by atoms with E-state index < -0.39 is 6.04 Å². The lowest BCUT2D eigenvalue weighted by Gasteiger charge is -2.28. The van der Waals surface area contributed by atoms with Crippen LogP contribution in [0, 0.1) is 13.8 Å². The van der Waals surface area contributed by atoms with Gasteiger partial charge in [-0.25, -0.2) is 4.68 Å². The lowest BCUT2D eigenvalue weighted by molar-refractivity contribution is -0.113. The summed E-state index contributed by atoms with van der Waals surface area (Å²) >= 11 is 1.64. The highest BCUT2D eigenvalue weighted by atomic mass is 32.2. The summed E-state index contributed by atoms with van der Waals surface area (Å²) in [6, 6.07) is 23.6. The number of nitrogens with one attached hydrogen (secondary N) is 2. The number of carbonyl (C=O) groups excluding carboxylic acids is 1. The summed E-state index contributed by atoms with van der Waals surface area (Å²) in [6.07, 6.45) is 2.21. The summed E-state index contributed by atoms with van der Waals surface area (Å²) in [7, 11) is 0. The van der Waals surface area contributed by atoms with Gasteiger partial charge in [-0.1, -0.05) is 79.2 Å². The van der Waals surface area contributed by atoms with Gasteiger partial charge in [-0.15, -0.1) is 5.10 Å². The molecular weight excluding hydrogens is 518 g/mol. The first-order valence-electron chi connectivity index (χ1n) is 13.6. The summed E-state index contributed by atoms with van der Waals surface area (Å²) in [5, 5.41) is 11.9. The van der Waals surface area contributed by atoms with Gasteiger partial charge in [0, 0.05) is 17.1 Å². The number of nitrogens with zero attached hydrogens (tertiary/aromatic N) is 3. The van der Waals surface area contributed by atoms with E-state index in [4.69, 9.17) is 14.8 Å². The van der Waals surface area contributed by atoms with Crippen molar-refractivity contribution >= 4 is 29.3 Å². The maximum atomic E-state index is 13.8. The van der Waals surface area contributed by atoms with E-state index in [9.17, 15) is 4.79 Å². The zero-order valence-corrected chi connectivity index (χ0v) is 24.2. The van der Waals surface area contributed by atoms with E-state index in [2.05, 4.69) is 48.7 Å². The molecule has 2 N–H and O–H groups in total. The lowest BCUT2D eigenvalue weighted by Crippen LogP contribution is -2.31. The minimum Gasteiger partial charge on any atom is -0.489 e. The van der Waals surface area contributed by atoms with Gasteiger partial charge in [0.2, 0.25) is 11.1 Å². The van der Waals surface area contributed by atoms with E-state index in [1.165, 1.54) is 5.56 Å². The van der Waals surface area contributed by atoms with E-state index in [0.717, 1.165) is 52.4 Å². The van der Waals surface area contributed by atoms with Crippen molar-refractivity contribution in [1.29, 1.82) is 0 Å². The van der Waals surface area contributed by atoms with Gasteiger partial charge in [0.15, 0.2) is 0 Å². The van der Waals surface area contributed by atoms with Crippen molar-refractivity contribution < 1.29 is 9.53 Å². The van der Waals surface area contributed by atoms with Crippen LogP contribution in [0.1, 0.15) is 55.0 Å². The summed E-state index contributed by atoms with van der Waals surface area (Å²) in [6.45, 7) is 8.65. The second-order valence-electron chi connectivity index (χ2n) is 10.1. The third-order valence-corrected chi connectivity index (χ3v) is 7.73. The van der Waals surface area contributed by atoms with E-state index in [1.54, 1.807) is 11.8 Å². The van der Waals surface area contributed by atoms with Crippen molar-refractivity contribution in [3.8, 4) is 5.75 Å². The number of hydrogen-bond donors (Lipinski definition) is 2. The smallest absolute Gasteiger partial charge is 0.255 e. The predicted octanol–water partition coefficient (Wildman–Crippen LogP) is 7.29. The van der Waals surface area contributed by atoms with Gasteiger partial charge in [-0.2, -0.15) is 4.98 Å². The van der Waals surface area contributed by atoms with E-state index in [1.807, 2.05) is 67.1 Å². The number of fused-ring (bicyclic) bond motifs is 1. The molecule has 1 aliphatic rings. The first-order valence-corrected chi connectivity index (χ1v) is 14.6. The zero-order chi connectivity index (χ0) is 28.1. The first-order chi connectivity index (χ1) is 19.4. The quantitative estimate of drug-likeness (QED) is 0.159. The van der Waals surface area contributed by atoms with Crippen molar-refractivity contribution in [2.24, 2.45) is 0 Å². The number of aryl methyl sites for hydroxylation is 2. The Bertz CT molecular complexity index is 1510. The fraction of sp³-hybridized carbons (Fsp3) is 0.281. The number of unbranched alkanes of at least 4 members (excludes halogenated alkanes) is 1. The average Bonchev–Trinajstić information content (AvgIpc) is 3.34. The highest BCUT2D eigenvalue weighted by Crippen LogP contribution is 2.37. The van der Waals surface area contributed by atoms with Crippen LogP contribution in [0.3, 0.4) is 0 Å². The van der Waals surface area contributed by atoms with Crippen molar-refractivity contribution in [3.63, 3.8) is 0 Å². The Morgan fingerprint density at radius 1 is 1.02 bits per heavy atom. The Labute approximate surface area is 240 Å². The van der Waals surface area contributed by atoms with Crippen molar-refractivity contribution in [2.75, 3.05) is 16.4 Å². The molecule has 5 rings (SSSR count). The molecular formula is C32H35N5O2S. The standard InChI is InChI=1S/C32H35N5O2S/c1-5-6-18-40-32-35-31-33-23(4)28(30(38)34-26-9-7-8-22(3)19-26)29(37(31)36-32)25-14-16-27(17-15-25)39-20-24-12-10-21(2)11-13-24/h7-17,19,29H,5-6,18,20H2,1-4H3,(H,34,38)(H,33,35,36). The van der Waals surface area contributed by atoms with Gasteiger partial charge < -0.3 is 15.4 Å². The minimum absolute atomic E-state index is 0.179. The van der Waals surface area contributed by atoms with Crippen LogP contribution in [0.5, 0.6) is 5.75 Å². The van der Waals surface area contributed by atoms with Crippen LogP contribution in [0.25, 0.3) is 0 Å². The molecule has 0 saturated heterocycles. The molecule has 0 bridgehead atoms. The second kappa shape index (κ2) is 12.4. The topological polar surface area (TPSA) is 81.1 Å². The maximum Gasteiger partial charge on any atom is 0.255 e. The van der Waals surface area contributed by atoms with Crippen LogP contribution >= 0.6 is 11.8 Å². The van der Waals surface area contributed by atoms with Crippen molar-refractivity contribution in [2.45, 2.75) is 58.3 Å². The number of anilines is 2. The molecule has 40 heavy (non-hydrogen) atoms. The number of allylic oxidation sites excluding steroid dienone is 1. The molecule has 4 aromatic rings. The zero-order valence-electron chi connectivity index (χ0n) is 23.4. The van der Waals surface area contributed by atoms with Crippen molar-refractivity contribution in [1.82, 2.24) is 14.8 Å². The van der Waals surface area contributed by atoms with Crippen LogP contribution in [-0.2, 0) is 11.4 Å². The first kappa shape index (κ1) is 27.5. The molecule has 3 aromatic carbocycles. The lowest BCUT2D eigenvalue weighted by atomic mass is 9.95. The van der Waals surface area contributed by atoms with E-state index in [-0.39, 0.29) is 5.91 Å². The normalized spacial score (nSPS) is 14.4. The highest BCUT2D eigenvalue weighted by molar-refractivity contribution is 7.99. The van der Waals surface area contributed by atoms with Gasteiger partial charge >= 0.3 is 0 Å². The molecule has 7 nitrogen and oxygen atoms in total. The number of ether oxygens (including phenoxy) is 1. The second-order valence-corrected chi connectivity index (χ2v) is 11.2. The van der Waals surface area contributed by atoms with Crippen LogP contribution in [-0.4, -0.2) is 26.4 Å². The largest absolute Gasteiger partial charge is 0.489 e. The molecule has 0 fully saturated rings. The van der Waals surface area contributed by atoms with Gasteiger partial charge in [0.25, 0.3) is 5.91 Å². The number of thioether (sulfide) groups is 1. The van der Waals surface area contributed by atoms with E-state index >= 15 is 0 Å². The summed E-state index contributed by atoms with van der Waals surface area (Å²) in [5.74, 6) is 2.17. The molecule has 1 unspecified atom stereocenters. The molecule has 0 saturated carbocycles. The molecule has 2 heterocycles. The van der Waals surface area contributed by atoms with Crippen LogP contribution in [0.2, 0.25) is 0 Å². The highest BCUT2D eigenvalue weighted by Gasteiger charge is 2.34. The van der Waals surface area contributed by atoms with Gasteiger partial charge in [0.1, 0.15) is 18.4 Å². The Morgan fingerprint density at radius 3 is 2.52 bits per heavy atom. The Hall–Kier alpha value is -4.04. The molecule has 1 atom stereocenters. The van der Waals surface area contributed by atoms with Gasteiger partial charge in [0.05, 0.1) is 5.57 Å². The predicted molar refractivity (Wildman–Crippen MR) is 162 cm³/mol. The summed E-state index contributed by atoms with van der Waals surface area (Å²) < 4.78 is 7.87. The molecule has 8 heteroatoms. The Morgan fingerprint density at radius 2 is 1.80 bits per heavy atom. The third kappa shape index (κ3) is 6.39. The van der Waals surface area contributed by atoms with Crippen LogP contribution in [0.4, 0.5) is 11.6 Å². The van der Waals surface area contributed by atoms with Gasteiger partial charge in [-0.05, 0) is 68.1 Å². The number of hydrogen-bond acceptors (Lipinski definition) is 6. The fourth-order valence-corrected chi connectivity index (χ4v) is 5.53. The number of rotatable bonds is 10. The van der Waals surface area contributed by atoms with Gasteiger partial charge in [-0.3, -0.25) is 4.79 Å². The molecule has 0 aliphatic carbocycles. The Kier molecular flexibility index (Phi) is 8.55. The number of benzene rings is 3. The van der Waals surface area contributed by atoms with Crippen LogP contribution in [0.15, 0.2) is 89.2 Å². The minimum atomic E-state index is -0.444. The molecule has 0 spiro atoms. The third-order valence-electron chi connectivity index (χ3n) is 6.80. The SMILES string of the molecule is CCCCSc1nc2n(n1)C(c1ccc(OCc3ccc(C)cc3)cc1)C(C(=O)Nc1cccc(C)c1)=C(C)N2. The summed E-state index contributed by atoms with van der Waals surface area (Å²) in [4.78, 5) is 18.5. The molecule has 206 valence electrons. The number of amides is 1. The number of carbonyl (C=O) groups is 1. The maximum absolute atomic E-state index is 13.8. The average molecular weight is 554 g/mol. The molecule has 1 amide bonds. The monoisotopic (exact) mass is 553 g/mol. The van der Waals surface area contributed by atoms with Crippen LogP contribution < -0.4 is 15.4 Å². The molecule has 1 aliphatic heterocycles. The Balaban J connectivity index is 1.43. The van der Waals surface area contributed by atoms with E-state index in [0.29, 0.717) is 23.3 Å².